The summed E-state index contributed by atoms with van der Waals surface area (Å²) in [6, 6.07) is 24.9. The van der Waals surface area contributed by atoms with E-state index in [9.17, 15) is 9.59 Å². The van der Waals surface area contributed by atoms with Crippen molar-refractivity contribution >= 4 is 40.1 Å². The molecule has 4 aromatic rings. The van der Waals surface area contributed by atoms with Crippen molar-refractivity contribution in [2.75, 3.05) is 19.0 Å². The van der Waals surface area contributed by atoms with Crippen LogP contribution in [0.5, 0.6) is 11.5 Å². The second-order valence-corrected chi connectivity index (χ2v) is 9.76. The first-order valence-corrected chi connectivity index (χ1v) is 12.7. The van der Waals surface area contributed by atoms with E-state index in [4.69, 9.17) is 26.6 Å². The zero-order valence-corrected chi connectivity index (χ0v) is 22.7. The Hall–Kier alpha value is -4.27. The fourth-order valence-corrected chi connectivity index (χ4v) is 4.66. The molecule has 0 bridgehead atoms. The van der Waals surface area contributed by atoms with Crippen molar-refractivity contribution < 1.29 is 24.5 Å². The molecular formula is C30H30ClN3O5. The van der Waals surface area contributed by atoms with Gasteiger partial charge in [-0.25, -0.2) is 9.59 Å². The molecule has 3 aromatic carbocycles. The number of para-hydroxylation sites is 2. The number of benzene rings is 3. The fraction of sp³-hybridized carbons (Fsp3) is 0.200. The van der Waals surface area contributed by atoms with Crippen molar-refractivity contribution in [3.63, 3.8) is 0 Å². The van der Waals surface area contributed by atoms with Gasteiger partial charge in [0.1, 0.15) is 0 Å². The third kappa shape index (κ3) is 6.42. The number of aliphatic carboxylic acids is 2. The standard InChI is InChI=1S/C26H26ClN3O.C4H4O4/c1-18(28(2)3)30-23-15-20(27)13-14-21(23)26-24(30)17-29(16-19-9-5-4-6-10-19)22-11-7-8-12-25(22)31-26;5-3(6)1-2-4(7)8/h4-15,18H,16-17H2,1-3H3;1-2H,(H,5,6)(H,7,8). The molecule has 0 saturated carbocycles. The number of carboxylic acids is 2. The van der Waals surface area contributed by atoms with Crippen molar-refractivity contribution in [1.29, 1.82) is 0 Å². The Balaban J connectivity index is 0.000000386. The normalized spacial score (nSPS) is 13.2. The molecule has 5 rings (SSSR count). The third-order valence-corrected chi connectivity index (χ3v) is 6.72. The quantitative estimate of drug-likeness (QED) is 0.270. The van der Waals surface area contributed by atoms with Gasteiger partial charge in [-0.05, 0) is 56.9 Å². The third-order valence-electron chi connectivity index (χ3n) is 6.48. The Morgan fingerprint density at radius 2 is 1.64 bits per heavy atom. The monoisotopic (exact) mass is 547 g/mol. The Bertz CT molecular complexity index is 1500. The summed E-state index contributed by atoms with van der Waals surface area (Å²) in [5.41, 5.74) is 4.63. The van der Waals surface area contributed by atoms with Crippen LogP contribution >= 0.6 is 11.6 Å². The summed E-state index contributed by atoms with van der Waals surface area (Å²) in [5.74, 6) is -0.716. The molecule has 2 N–H and O–H groups in total. The molecule has 39 heavy (non-hydrogen) atoms. The average Bonchev–Trinajstić information content (AvgIpc) is 3.09. The Morgan fingerprint density at radius 3 is 2.28 bits per heavy atom. The maximum Gasteiger partial charge on any atom is 0.328 e. The number of rotatable bonds is 6. The van der Waals surface area contributed by atoms with Crippen molar-refractivity contribution in [3.05, 3.63) is 101 Å². The van der Waals surface area contributed by atoms with Crippen molar-refractivity contribution in [2.45, 2.75) is 26.2 Å². The van der Waals surface area contributed by atoms with Crippen LogP contribution in [0.1, 0.15) is 24.3 Å². The lowest BCUT2D eigenvalue weighted by Crippen LogP contribution is -2.27. The van der Waals surface area contributed by atoms with Gasteiger partial charge in [-0.1, -0.05) is 54.1 Å². The van der Waals surface area contributed by atoms with Crippen LogP contribution in [0.15, 0.2) is 84.9 Å². The van der Waals surface area contributed by atoms with E-state index in [1.807, 2.05) is 18.2 Å². The van der Waals surface area contributed by atoms with E-state index in [0.29, 0.717) is 12.2 Å². The van der Waals surface area contributed by atoms with Gasteiger partial charge in [-0.15, -0.1) is 0 Å². The van der Waals surface area contributed by atoms with Crippen LogP contribution in [0.4, 0.5) is 5.69 Å². The predicted octanol–water partition coefficient (Wildman–Crippen LogP) is 6.40. The van der Waals surface area contributed by atoms with E-state index in [-0.39, 0.29) is 6.17 Å². The van der Waals surface area contributed by atoms with Gasteiger partial charge in [0.15, 0.2) is 11.5 Å². The largest absolute Gasteiger partial charge is 0.478 e. The highest BCUT2D eigenvalue weighted by Crippen LogP contribution is 2.46. The van der Waals surface area contributed by atoms with Crippen molar-refractivity contribution in [2.24, 2.45) is 0 Å². The van der Waals surface area contributed by atoms with Crippen LogP contribution in [0.3, 0.4) is 0 Å². The summed E-state index contributed by atoms with van der Waals surface area (Å²) in [6.07, 6.45) is 1.26. The van der Waals surface area contributed by atoms with E-state index in [0.717, 1.165) is 51.9 Å². The lowest BCUT2D eigenvalue weighted by molar-refractivity contribution is -0.134. The van der Waals surface area contributed by atoms with Gasteiger partial charge in [-0.2, -0.15) is 0 Å². The number of anilines is 1. The van der Waals surface area contributed by atoms with E-state index < -0.39 is 11.9 Å². The number of hydrogen-bond donors (Lipinski definition) is 2. The van der Waals surface area contributed by atoms with Gasteiger partial charge >= 0.3 is 11.9 Å². The minimum Gasteiger partial charge on any atom is -0.478 e. The van der Waals surface area contributed by atoms with E-state index in [1.165, 1.54) is 5.56 Å². The molecule has 9 heteroatoms. The Kier molecular flexibility index (Phi) is 8.59. The molecule has 0 aliphatic carbocycles. The number of hydrogen-bond acceptors (Lipinski definition) is 5. The number of ether oxygens (including phenoxy) is 1. The maximum absolute atomic E-state index is 9.55. The summed E-state index contributed by atoms with van der Waals surface area (Å²) in [7, 11) is 4.20. The second kappa shape index (κ2) is 12.1. The molecule has 1 aliphatic rings. The van der Waals surface area contributed by atoms with Crippen LogP contribution in [-0.4, -0.2) is 45.7 Å². The van der Waals surface area contributed by atoms with Crippen molar-refractivity contribution in [3.8, 4) is 11.5 Å². The van der Waals surface area contributed by atoms with Crippen LogP contribution in [0, 0.1) is 0 Å². The van der Waals surface area contributed by atoms with Gasteiger partial charge in [0.05, 0.1) is 29.6 Å². The molecule has 1 aliphatic heterocycles. The number of aromatic nitrogens is 1. The summed E-state index contributed by atoms with van der Waals surface area (Å²) in [5, 5.41) is 17.4. The molecule has 2 heterocycles. The Labute approximate surface area is 231 Å². The number of carboxylic acid groups (broad SMARTS) is 2. The predicted molar refractivity (Wildman–Crippen MR) is 153 cm³/mol. The zero-order chi connectivity index (χ0) is 28.1. The summed E-state index contributed by atoms with van der Waals surface area (Å²) >= 11 is 6.41. The molecule has 0 spiro atoms. The van der Waals surface area contributed by atoms with E-state index >= 15 is 0 Å². The highest BCUT2D eigenvalue weighted by molar-refractivity contribution is 6.31. The lowest BCUT2D eigenvalue weighted by atomic mass is 10.2. The molecule has 0 saturated heterocycles. The molecule has 202 valence electrons. The number of fused-ring (bicyclic) bond motifs is 4. The average molecular weight is 548 g/mol. The minimum atomic E-state index is -1.26. The van der Waals surface area contributed by atoms with E-state index in [1.54, 1.807) is 0 Å². The summed E-state index contributed by atoms with van der Waals surface area (Å²) in [6.45, 7) is 3.76. The molecule has 0 radical (unpaired) electrons. The van der Waals surface area contributed by atoms with Gasteiger partial charge in [0, 0.05) is 29.1 Å². The fourth-order valence-electron chi connectivity index (χ4n) is 4.49. The number of carbonyl (C=O) groups is 2. The van der Waals surface area contributed by atoms with E-state index in [2.05, 4.69) is 90.0 Å². The SMILES string of the molecule is CC(N(C)C)n1c2c(c3ccc(Cl)cc31)Oc1ccccc1N(Cc1ccccc1)C2.O=C(O)C=CC(=O)O. The number of halogens is 1. The van der Waals surface area contributed by atoms with Gasteiger partial charge in [0.2, 0.25) is 0 Å². The minimum absolute atomic E-state index is 0.146. The van der Waals surface area contributed by atoms with Gasteiger partial charge in [0.25, 0.3) is 0 Å². The first kappa shape index (κ1) is 27.8. The highest BCUT2D eigenvalue weighted by Gasteiger charge is 2.29. The van der Waals surface area contributed by atoms with Gasteiger partial charge in [-0.3, -0.25) is 4.90 Å². The van der Waals surface area contributed by atoms with Crippen molar-refractivity contribution in [1.82, 2.24) is 9.47 Å². The summed E-state index contributed by atoms with van der Waals surface area (Å²) in [4.78, 5) is 23.7. The lowest BCUT2D eigenvalue weighted by Gasteiger charge is -2.28. The molecule has 1 atom stereocenters. The molecule has 1 unspecified atom stereocenters. The molecular weight excluding hydrogens is 518 g/mol. The van der Waals surface area contributed by atoms with Crippen LogP contribution < -0.4 is 9.64 Å². The second-order valence-electron chi connectivity index (χ2n) is 9.32. The highest BCUT2D eigenvalue weighted by atomic mass is 35.5. The Morgan fingerprint density at radius 1 is 1.00 bits per heavy atom. The van der Waals surface area contributed by atoms with Crippen LogP contribution in [-0.2, 0) is 22.7 Å². The molecule has 0 amide bonds. The maximum atomic E-state index is 9.55. The molecule has 1 aromatic heterocycles. The summed E-state index contributed by atoms with van der Waals surface area (Å²) < 4.78 is 8.97. The topological polar surface area (TPSA) is 95.2 Å². The van der Waals surface area contributed by atoms with Crippen LogP contribution in [0.2, 0.25) is 5.02 Å². The number of nitrogens with zero attached hydrogens (tertiary/aromatic N) is 3. The smallest absolute Gasteiger partial charge is 0.328 e. The molecule has 8 nitrogen and oxygen atoms in total. The zero-order valence-electron chi connectivity index (χ0n) is 21.9. The van der Waals surface area contributed by atoms with Crippen LogP contribution in [0.25, 0.3) is 10.9 Å². The first-order valence-electron chi connectivity index (χ1n) is 12.3. The first-order chi connectivity index (χ1) is 18.7. The molecule has 0 fully saturated rings. The van der Waals surface area contributed by atoms with Gasteiger partial charge < -0.3 is 24.4 Å².